The lowest BCUT2D eigenvalue weighted by molar-refractivity contribution is 0.0601. The molecule has 1 heterocycles. The highest BCUT2D eigenvalue weighted by atomic mass is 79.9. The number of esters is 1. The Morgan fingerprint density at radius 3 is 2.47 bits per heavy atom. The van der Waals surface area contributed by atoms with Crippen molar-refractivity contribution in [2.75, 3.05) is 12.4 Å². The summed E-state index contributed by atoms with van der Waals surface area (Å²) >= 11 is 3.16. The summed E-state index contributed by atoms with van der Waals surface area (Å²) in [5, 5.41) is 2.42. The summed E-state index contributed by atoms with van der Waals surface area (Å²) in [6.45, 7) is 5.21. The Morgan fingerprint density at radius 1 is 1.32 bits per heavy atom. The molecular formula is C12H15BrN2O4. The van der Waals surface area contributed by atoms with Crippen LogP contribution in [0.15, 0.2) is 16.7 Å². The zero-order valence-electron chi connectivity index (χ0n) is 11.1. The third-order valence-corrected chi connectivity index (χ3v) is 2.33. The number of carbonyl (C=O) groups excluding carboxylic acids is 2. The molecule has 0 fully saturated rings. The average Bonchev–Trinajstić information content (AvgIpc) is 2.25. The number of rotatable bonds is 2. The molecule has 1 aromatic heterocycles. The number of pyridine rings is 1. The molecule has 1 amide bonds. The Bertz CT molecular complexity index is 497. The molecule has 0 atom stereocenters. The fraction of sp³-hybridized carbons (Fsp3) is 0.417. The molecule has 0 aliphatic rings. The van der Waals surface area contributed by atoms with Crippen LogP contribution < -0.4 is 5.32 Å². The van der Waals surface area contributed by atoms with E-state index in [0.29, 0.717) is 4.60 Å². The summed E-state index contributed by atoms with van der Waals surface area (Å²) in [6.07, 6.45) is -0.691. The second kappa shape index (κ2) is 6.01. The topological polar surface area (TPSA) is 77.5 Å². The molecule has 0 radical (unpaired) electrons. The third-order valence-electron chi connectivity index (χ3n) is 1.89. The maximum absolute atomic E-state index is 11.7. The van der Waals surface area contributed by atoms with Gasteiger partial charge in [-0.25, -0.2) is 14.6 Å². The molecule has 0 aliphatic heterocycles. The van der Waals surface area contributed by atoms with Crippen LogP contribution >= 0.6 is 15.9 Å². The second-order valence-electron chi connectivity index (χ2n) is 4.65. The van der Waals surface area contributed by atoms with Gasteiger partial charge in [0.2, 0.25) is 0 Å². The van der Waals surface area contributed by atoms with Crippen LogP contribution in [0.3, 0.4) is 0 Å². The fourth-order valence-corrected chi connectivity index (χ4v) is 1.52. The van der Waals surface area contributed by atoms with Crippen molar-refractivity contribution in [3.8, 4) is 0 Å². The molecule has 0 bridgehead atoms. The Hall–Kier alpha value is -1.63. The molecular weight excluding hydrogens is 316 g/mol. The van der Waals surface area contributed by atoms with E-state index in [1.54, 1.807) is 26.8 Å². The van der Waals surface area contributed by atoms with E-state index in [4.69, 9.17) is 4.74 Å². The van der Waals surface area contributed by atoms with Gasteiger partial charge in [-0.15, -0.1) is 0 Å². The number of hydrogen-bond donors (Lipinski definition) is 1. The minimum atomic E-state index is -0.691. The number of nitrogens with one attached hydrogen (secondary N) is 1. The second-order valence-corrected chi connectivity index (χ2v) is 5.46. The molecule has 6 nitrogen and oxygen atoms in total. The van der Waals surface area contributed by atoms with E-state index in [9.17, 15) is 9.59 Å². The normalized spacial score (nSPS) is 10.8. The number of ether oxygens (including phenoxy) is 2. The van der Waals surface area contributed by atoms with Gasteiger partial charge in [-0.05, 0) is 48.8 Å². The number of hydrogen-bond acceptors (Lipinski definition) is 5. The summed E-state index contributed by atoms with van der Waals surface area (Å²) < 4.78 is 10.2. The lowest BCUT2D eigenvalue weighted by Crippen LogP contribution is -2.28. The molecule has 1 aromatic rings. The van der Waals surface area contributed by atoms with Gasteiger partial charge in [0, 0.05) is 0 Å². The highest BCUT2D eigenvalue weighted by Gasteiger charge is 2.20. The van der Waals surface area contributed by atoms with Crippen LogP contribution in [0.5, 0.6) is 0 Å². The summed E-state index contributed by atoms with van der Waals surface area (Å²) in [5.74, 6) is -0.512. The van der Waals surface area contributed by atoms with E-state index in [-0.39, 0.29) is 11.4 Å². The van der Waals surface area contributed by atoms with Crippen LogP contribution in [0.25, 0.3) is 0 Å². The van der Waals surface area contributed by atoms with Crippen LogP contribution in [0.4, 0.5) is 10.6 Å². The van der Waals surface area contributed by atoms with Gasteiger partial charge in [-0.3, -0.25) is 5.32 Å². The van der Waals surface area contributed by atoms with Gasteiger partial charge in [0.25, 0.3) is 0 Å². The highest BCUT2D eigenvalue weighted by molar-refractivity contribution is 9.10. The smallest absolute Gasteiger partial charge is 0.413 e. The molecule has 19 heavy (non-hydrogen) atoms. The highest BCUT2D eigenvalue weighted by Crippen LogP contribution is 2.19. The van der Waals surface area contributed by atoms with Gasteiger partial charge >= 0.3 is 12.1 Å². The first-order valence-electron chi connectivity index (χ1n) is 5.48. The Labute approximate surface area is 119 Å². The van der Waals surface area contributed by atoms with Crippen LogP contribution in [0, 0.1) is 0 Å². The van der Waals surface area contributed by atoms with E-state index in [0.717, 1.165) is 0 Å². The fourth-order valence-electron chi connectivity index (χ4n) is 1.21. The lowest BCUT2D eigenvalue weighted by Gasteiger charge is -2.19. The van der Waals surface area contributed by atoms with Gasteiger partial charge in [0.1, 0.15) is 15.8 Å². The Morgan fingerprint density at radius 2 is 1.95 bits per heavy atom. The zero-order valence-corrected chi connectivity index (χ0v) is 12.7. The number of anilines is 1. The van der Waals surface area contributed by atoms with E-state index < -0.39 is 17.7 Å². The monoisotopic (exact) mass is 330 g/mol. The van der Waals surface area contributed by atoms with Crippen molar-refractivity contribution < 1.29 is 19.1 Å². The van der Waals surface area contributed by atoms with Gasteiger partial charge in [0.05, 0.1) is 7.11 Å². The molecule has 0 aromatic carbocycles. The number of methoxy groups -OCH3 is 1. The zero-order chi connectivity index (χ0) is 14.6. The van der Waals surface area contributed by atoms with Crippen molar-refractivity contribution >= 4 is 33.8 Å². The molecule has 1 N–H and O–H groups in total. The number of amides is 1. The molecule has 104 valence electrons. The molecule has 0 spiro atoms. The quantitative estimate of drug-likeness (QED) is 0.666. The van der Waals surface area contributed by atoms with Crippen molar-refractivity contribution in [3.63, 3.8) is 0 Å². The van der Waals surface area contributed by atoms with Crippen molar-refractivity contribution in [3.05, 3.63) is 22.3 Å². The van der Waals surface area contributed by atoms with Gasteiger partial charge < -0.3 is 9.47 Å². The largest absolute Gasteiger partial charge is 0.465 e. The number of halogens is 1. The van der Waals surface area contributed by atoms with E-state index >= 15 is 0 Å². The van der Waals surface area contributed by atoms with Crippen molar-refractivity contribution in [1.29, 1.82) is 0 Å². The summed E-state index contributed by atoms with van der Waals surface area (Å²) in [4.78, 5) is 27.2. The Balaban J connectivity index is 2.96. The molecule has 0 saturated carbocycles. The third kappa shape index (κ3) is 4.86. The van der Waals surface area contributed by atoms with Crippen LogP contribution in [-0.2, 0) is 9.47 Å². The van der Waals surface area contributed by atoms with Crippen LogP contribution in [0.2, 0.25) is 0 Å². The minimum Gasteiger partial charge on any atom is -0.465 e. The van der Waals surface area contributed by atoms with Crippen molar-refractivity contribution in [2.24, 2.45) is 0 Å². The number of carbonyl (C=O) groups is 2. The van der Waals surface area contributed by atoms with Gasteiger partial charge in [-0.2, -0.15) is 0 Å². The SMILES string of the molecule is COC(=O)c1ccc(Br)nc1NC(=O)OC(C)(C)C. The van der Waals surface area contributed by atoms with Gasteiger partial charge in [0.15, 0.2) is 5.82 Å². The molecule has 0 aliphatic carbocycles. The van der Waals surface area contributed by atoms with Crippen LogP contribution in [0.1, 0.15) is 31.1 Å². The maximum atomic E-state index is 11.7. The first-order chi connectivity index (χ1) is 8.73. The minimum absolute atomic E-state index is 0.0791. The predicted octanol–water partition coefficient (Wildman–Crippen LogP) is 2.98. The average molecular weight is 331 g/mol. The lowest BCUT2D eigenvalue weighted by atomic mass is 10.2. The maximum Gasteiger partial charge on any atom is 0.413 e. The molecule has 0 saturated heterocycles. The van der Waals surface area contributed by atoms with Crippen molar-refractivity contribution in [1.82, 2.24) is 4.98 Å². The summed E-state index contributed by atoms with van der Waals surface area (Å²) in [7, 11) is 1.25. The van der Waals surface area contributed by atoms with Crippen LogP contribution in [-0.4, -0.2) is 29.8 Å². The Kier molecular flexibility index (Phi) is 4.88. The van der Waals surface area contributed by atoms with E-state index in [1.807, 2.05) is 0 Å². The summed E-state index contributed by atoms with van der Waals surface area (Å²) in [6, 6.07) is 3.07. The van der Waals surface area contributed by atoms with E-state index in [2.05, 4.69) is 31.0 Å². The van der Waals surface area contributed by atoms with Gasteiger partial charge in [-0.1, -0.05) is 0 Å². The van der Waals surface area contributed by atoms with Crippen molar-refractivity contribution in [2.45, 2.75) is 26.4 Å². The molecule has 0 unspecified atom stereocenters. The number of nitrogens with zero attached hydrogens (tertiary/aromatic N) is 1. The summed E-state index contributed by atoms with van der Waals surface area (Å²) in [5.41, 5.74) is -0.488. The van der Waals surface area contributed by atoms with E-state index in [1.165, 1.54) is 13.2 Å². The predicted molar refractivity (Wildman–Crippen MR) is 73.1 cm³/mol. The first-order valence-corrected chi connectivity index (χ1v) is 6.27. The number of aromatic nitrogens is 1. The molecule has 1 rings (SSSR count). The standard InChI is InChI=1S/C12H15BrN2O4/c1-12(2,3)19-11(17)15-9-7(10(16)18-4)5-6-8(13)14-9/h5-6H,1-4H3,(H,14,15,17). The first kappa shape index (κ1) is 15.4. The molecule has 7 heteroatoms.